The quantitative estimate of drug-likeness (QED) is 0.639. The van der Waals surface area contributed by atoms with E-state index in [1.54, 1.807) is 0 Å². The van der Waals surface area contributed by atoms with Gasteiger partial charge in [0.25, 0.3) is 0 Å². The second-order valence-corrected chi connectivity index (χ2v) is 6.80. The molecule has 0 spiro atoms. The largest absolute Gasteiger partial charge is 0.315 e. The van der Waals surface area contributed by atoms with Gasteiger partial charge in [0, 0.05) is 25.7 Å². The summed E-state index contributed by atoms with van der Waals surface area (Å²) < 4.78 is 0. The molecule has 18 heavy (non-hydrogen) atoms. The lowest BCUT2D eigenvalue weighted by molar-refractivity contribution is 0.181. The van der Waals surface area contributed by atoms with Crippen LogP contribution in [-0.4, -0.2) is 62.7 Å². The van der Waals surface area contributed by atoms with E-state index in [0.717, 1.165) is 32.7 Å². The lowest BCUT2D eigenvalue weighted by Gasteiger charge is -2.30. The smallest absolute Gasteiger partial charge is 0.0195 e. The fourth-order valence-corrected chi connectivity index (χ4v) is 2.15. The van der Waals surface area contributed by atoms with Crippen LogP contribution in [0.1, 0.15) is 41.0 Å². The van der Waals surface area contributed by atoms with Crippen LogP contribution >= 0.6 is 0 Å². The molecule has 0 aliphatic carbocycles. The number of nitrogens with zero attached hydrogens (tertiary/aromatic N) is 2. The summed E-state index contributed by atoms with van der Waals surface area (Å²) >= 11 is 0. The van der Waals surface area contributed by atoms with Crippen LogP contribution in [0, 0.1) is 5.41 Å². The molecule has 1 unspecified atom stereocenters. The highest BCUT2D eigenvalue weighted by Gasteiger charge is 2.12. The number of rotatable bonds is 9. The van der Waals surface area contributed by atoms with Crippen molar-refractivity contribution in [1.82, 2.24) is 15.1 Å². The molecular formula is C15H35N3. The number of hydrogen-bond donors (Lipinski definition) is 1. The van der Waals surface area contributed by atoms with Crippen molar-refractivity contribution < 1.29 is 0 Å². The Balaban J connectivity index is 3.74. The predicted molar refractivity (Wildman–Crippen MR) is 82.2 cm³/mol. The van der Waals surface area contributed by atoms with Crippen molar-refractivity contribution >= 4 is 0 Å². The highest BCUT2D eigenvalue weighted by Crippen LogP contribution is 2.16. The van der Waals surface area contributed by atoms with E-state index < -0.39 is 0 Å². The Hall–Kier alpha value is -0.120. The van der Waals surface area contributed by atoms with Gasteiger partial charge in [-0.25, -0.2) is 0 Å². The molecule has 0 bridgehead atoms. The summed E-state index contributed by atoms with van der Waals surface area (Å²) in [5, 5.41) is 3.56. The predicted octanol–water partition coefficient (Wildman–Crippen LogP) is 2.28. The van der Waals surface area contributed by atoms with Crippen molar-refractivity contribution in [1.29, 1.82) is 0 Å². The van der Waals surface area contributed by atoms with E-state index in [2.05, 4.69) is 63.8 Å². The molecule has 3 heteroatoms. The molecule has 0 saturated carbocycles. The van der Waals surface area contributed by atoms with E-state index in [-0.39, 0.29) is 0 Å². The average Bonchev–Trinajstić information content (AvgIpc) is 2.20. The van der Waals surface area contributed by atoms with Crippen molar-refractivity contribution in [2.45, 2.75) is 47.1 Å². The van der Waals surface area contributed by atoms with E-state index in [9.17, 15) is 0 Å². The van der Waals surface area contributed by atoms with E-state index >= 15 is 0 Å². The zero-order valence-corrected chi connectivity index (χ0v) is 13.7. The Morgan fingerprint density at radius 2 is 1.72 bits per heavy atom. The molecule has 1 N–H and O–H groups in total. The lowest BCUT2D eigenvalue weighted by Crippen LogP contribution is -2.43. The molecule has 0 radical (unpaired) electrons. The molecule has 3 nitrogen and oxygen atoms in total. The van der Waals surface area contributed by atoms with Crippen LogP contribution in [-0.2, 0) is 0 Å². The van der Waals surface area contributed by atoms with Crippen LogP contribution in [0.15, 0.2) is 0 Å². The SMILES string of the molecule is CCN(CCNCCC(C)(C)C)C(C)CN(C)C. The summed E-state index contributed by atoms with van der Waals surface area (Å²) in [4.78, 5) is 4.81. The van der Waals surface area contributed by atoms with Gasteiger partial charge in [0.05, 0.1) is 0 Å². The summed E-state index contributed by atoms with van der Waals surface area (Å²) in [5.41, 5.74) is 0.440. The number of nitrogens with one attached hydrogen (secondary N) is 1. The van der Waals surface area contributed by atoms with Crippen LogP contribution in [0.3, 0.4) is 0 Å². The first-order valence-electron chi connectivity index (χ1n) is 7.35. The number of likely N-dealkylation sites (N-methyl/N-ethyl adjacent to an activating group) is 2. The maximum Gasteiger partial charge on any atom is 0.0195 e. The molecule has 0 aliphatic heterocycles. The van der Waals surface area contributed by atoms with Crippen molar-refractivity contribution in [3.05, 3.63) is 0 Å². The zero-order chi connectivity index (χ0) is 14.2. The van der Waals surface area contributed by atoms with Gasteiger partial charge in [-0.15, -0.1) is 0 Å². The van der Waals surface area contributed by atoms with Crippen LogP contribution in [0.4, 0.5) is 0 Å². The fourth-order valence-electron chi connectivity index (χ4n) is 2.15. The third kappa shape index (κ3) is 9.86. The van der Waals surface area contributed by atoms with Gasteiger partial charge in [-0.1, -0.05) is 27.7 Å². The second-order valence-electron chi connectivity index (χ2n) is 6.80. The Labute approximate surface area is 115 Å². The maximum atomic E-state index is 3.56. The highest BCUT2D eigenvalue weighted by molar-refractivity contribution is 4.70. The molecule has 0 aromatic carbocycles. The molecule has 0 saturated heterocycles. The summed E-state index contributed by atoms with van der Waals surface area (Å²) in [6.07, 6.45) is 1.24. The van der Waals surface area contributed by atoms with Gasteiger partial charge >= 0.3 is 0 Å². The first-order valence-corrected chi connectivity index (χ1v) is 7.35. The normalized spacial score (nSPS) is 14.5. The van der Waals surface area contributed by atoms with Gasteiger partial charge in [-0.2, -0.15) is 0 Å². The van der Waals surface area contributed by atoms with Crippen molar-refractivity contribution in [3.63, 3.8) is 0 Å². The molecule has 0 rings (SSSR count). The van der Waals surface area contributed by atoms with E-state index in [1.807, 2.05) is 0 Å². The van der Waals surface area contributed by atoms with Crippen LogP contribution in [0.25, 0.3) is 0 Å². The third-order valence-electron chi connectivity index (χ3n) is 3.29. The highest BCUT2D eigenvalue weighted by atomic mass is 15.2. The molecule has 110 valence electrons. The minimum atomic E-state index is 0.440. The van der Waals surface area contributed by atoms with Gasteiger partial charge in [0.1, 0.15) is 0 Å². The topological polar surface area (TPSA) is 18.5 Å². The molecule has 0 aromatic heterocycles. The molecule has 0 aromatic rings. The average molecular weight is 257 g/mol. The van der Waals surface area contributed by atoms with Crippen LogP contribution in [0.5, 0.6) is 0 Å². The Kier molecular flexibility index (Phi) is 8.83. The monoisotopic (exact) mass is 257 g/mol. The van der Waals surface area contributed by atoms with Gasteiger partial charge in [0.15, 0.2) is 0 Å². The van der Waals surface area contributed by atoms with Crippen molar-refractivity contribution in [2.24, 2.45) is 5.41 Å². The summed E-state index contributed by atoms with van der Waals surface area (Å²) in [7, 11) is 4.29. The molecule has 0 heterocycles. The van der Waals surface area contributed by atoms with Gasteiger partial charge in [-0.3, -0.25) is 4.90 Å². The van der Waals surface area contributed by atoms with Crippen molar-refractivity contribution in [3.8, 4) is 0 Å². The third-order valence-corrected chi connectivity index (χ3v) is 3.29. The van der Waals surface area contributed by atoms with E-state index in [4.69, 9.17) is 0 Å². The summed E-state index contributed by atoms with van der Waals surface area (Å²) in [6.45, 7) is 17.1. The molecule has 1 atom stereocenters. The van der Waals surface area contributed by atoms with Gasteiger partial charge in [0.2, 0.25) is 0 Å². The van der Waals surface area contributed by atoms with E-state index in [0.29, 0.717) is 11.5 Å². The number of hydrogen-bond acceptors (Lipinski definition) is 3. The Morgan fingerprint density at radius 3 is 2.17 bits per heavy atom. The van der Waals surface area contributed by atoms with Gasteiger partial charge < -0.3 is 10.2 Å². The second kappa shape index (κ2) is 8.89. The minimum Gasteiger partial charge on any atom is -0.315 e. The molecular weight excluding hydrogens is 222 g/mol. The van der Waals surface area contributed by atoms with E-state index in [1.165, 1.54) is 6.42 Å². The lowest BCUT2D eigenvalue weighted by atomic mass is 9.92. The van der Waals surface area contributed by atoms with Crippen LogP contribution < -0.4 is 5.32 Å². The maximum absolute atomic E-state index is 3.56. The first kappa shape index (κ1) is 17.9. The Morgan fingerprint density at radius 1 is 1.11 bits per heavy atom. The van der Waals surface area contributed by atoms with Crippen molar-refractivity contribution in [2.75, 3.05) is 46.8 Å². The zero-order valence-electron chi connectivity index (χ0n) is 13.7. The van der Waals surface area contributed by atoms with Crippen LogP contribution in [0.2, 0.25) is 0 Å². The summed E-state index contributed by atoms with van der Waals surface area (Å²) in [6, 6.07) is 0.634. The fraction of sp³-hybridized carbons (Fsp3) is 1.00. The Bertz CT molecular complexity index is 196. The molecule has 0 fully saturated rings. The minimum absolute atomic E-state index is 0.440. The molecule has 0 amide bonds. The van der Waals surface area contributed by atoms with Gasteiger partial charge in [-0.05, 0) is 45.9 Å². The summed E-state index contributed by atoms with van der Waals surface area (Å²) in [5.74, 6) is 0. The standard InChI is InChI=1S/C15H35N3/c1-8-18(14(2)13-17(6)7)12-11-16-10-9-15(3,4)5/h14,16H,8-13H2,1-7H3. The first-order chi connectivity index (χ1) is 8.26. The molecule has 0 aliphatic rings.